The number of carbonyl (C=O) groups is 1. The summed E-state index contributed by atoms with van der Waals surface area (Å²) >= 11 is 0. The van der Waals surface area contributed by atoms with E-state index in [0.29, 0.717) is 30.7 Å². The van der Waals surface area contributed by atoms with E-state index >= 15 is 0 Å². The Kier molecular flexibility index (Phi) is 4.65. The number of nitrogens with one attached hydrogen (secondary N) is 1. The Morgan fingerprint density at radius 3 is 2.87 bits per heavy atom. The van der Waals surface area contributed by atoms with Crippen molar-refractivity contribution in [3.05, 3.63) is 25.0 Å². The normalized spacial score (nSPS) is 15.4. The molecule has 9 nitrogen and oxygen atoms in total. The fraction of sp³-hybridized carbons (Fsp3) is 0.500. The fourth-order valence-corrected chi connectivity index (χ4v) is 2.62. The molecule has 0 unspecified atom stereocenters. The first-order valence-corrected chi connectivity index (χ1v) is 7.49. The van der Waals surface area contributed by atoms with Crippen LogP contribution in [0.4, 0.5) is 10.6 Å². The zero-order chi connectivity index (χ0) is 16.1. The minimum absolute atomic E-state index is 0.148. The number of likely N-dealkylation sites (tertiary alicyclic amines) is 1. The molecule has 2 amide bonds. The van der Waals surface area contributed by atoms with Crippen LogP contribution in [-0.4, -0.2) is 55.9 Å². The summed E-state index contributed by atoms with van der Waals surface area (Å²) in [7, 11) is 1.52. The van der Waals surface area contributed by atoms with Gasteiger partial charge in [-0.3, -0.25) is 10.00 Å². The second-order valence-electron chi connectivity index (χ2n) is 5.42. The summed E-state index contributed by atoms with van der Waals surface area (Å²) in [6, 6.07) is 1.44. The van der Waals surface area contributed by atoms with E-state index in [-0.39, 0.29) is 6.03 Å². The third-order valence-corrected chi connectivity index (χ3v) is 3.90. The maximum absolute atomic E-state index is 12.3. The van der Waals surface area contributed by atoms with Crippen LogP contribution in [0.2, 0.25) is 0 Å². The molecule has 1 N–H and O–H groups in total. The van der Waals surface area contributed by atoms with Crippen molar-refractivity contribution in [2.45, 2.75) is 19.4 Å². The molecule has 3 heterocycles. The molecule has 1 fully saturated rings. The lowest BCUT2D eigenvalue weighted by atomic mass is 9.97. The molecule has 3 rings (SSSR count). The fourth-order valence-electron chi connectivity index (χ4n) is 2.62. The van der Waals surface area contributed by atoms with E-state index in [9.17, 15) is 4.79 Å². The van der Waals surface area contributed by atoms with Crippen molar-refractivity contribution in [1.82, 2.24) is 29.6 Å². The lowest BCUT2D eigenvalue weighted by Crippen LogP contribution is -2.41. The zero-order valence-corrected chi connectivity index (χ0v) is 12.9. The number of carbonyl (C=O) groups excluding carboxylic acids is 1. The number of ether oxygens (including phenoxy) is 1. The Labute approximate surface area is 133 Å². The topological polar surface area (TPSA) is 98.1 Å². The minimum Gasteiger partial charge on any atom is -0.481 e. The third-order valence-electron chi connectivity index (χ3n) is 3.90. The average Bonchev–Trinajstić information content (AvgIpc) is 3.08. The Morgan fingerprint density at radius 1 is 1.35 bits per heavy atom. The molecule has 1 aliphatic heterocycles. The van der Waals surface area contributed by atoms with Crippen molar-refractivity contribution in [2.75, 3.05) is 25.5 Å². The largest absolute Gasteiger partial charge is 0.481 e. The summed E-state index contributed by atoms with van der Waals surface area (Å²) in [5.41, 5.74) is 0. The molecule has 0 atom stereocenters. The smallest absolute Gasteiger partial charge is 0.323 e. The van der Waals surface area contributed by atoms with Crippen molar-refractivity contribution in [1.29, 1.82) is 0 Å². The Bertz CT molecular complexity index is 638. The highest BCUT2D eigenvalue weighted by atomic mass is 16.5. The second kappa shape index (κ2) is 7.03. The Hall–Kier alpha value is -2.71. The first-order valence-electron chi connectivity index (χ1n) is 7.49. The van der Waals surface area contributed by atoms with E-state index in [1.54, 1.807) is 23.6 Å². The number of nitrogens with zero attached hydrogens (tertiary/aromatic N) is 6. The summed E-state index contributed by atoms with van der Waals surface area (Å²) < 4.78 is 6.86. The van der Waals surface area contributed by atoms with Crippen LogP contribution in [0.3, 0.4) is 0 Å². The number of urea groups is 1. The summed E-state index contributed by atoms with van der Waals surface area (Å²) in [5.74, 6) is 1.37. The Balaban J connectivity index is 1.49. The number of rotatable bonds is 4. The van der Waals surface area contributed by atoms with E-state index in [4.69, 9.17) is 4.74 Å². The molecule has 2 aromatic heterocycles. The molecule has 0 aliphatic carbocycles. The number of amides is 2. The number of hydrogen-bond donors (Lipinski definition) is 1. The lowest BCUT2D eigenvalue weighted by molar-refractivity contribution is 0.175. The third kappa shape index (κ3) is 3.93. The van der Waals surface area contributed by atoms with Crippen molar-refractivity contribution in [2.24, 2.45) is 5.92 Å². The number of methoxy groups -OCH3 is 1. The van der Waals surface area contributed by atoms with Gasteiger partial charge in [0.2, 0.25) is 5.88 Å². The van der Waals surface area contributed by atoms with E-state index in [1.165, 1.54) is 13.4 Å². The molecule has 0 radical (unpaired) electrons. The molecule has 1 aliphatic rings. The van der Waals surface area contributed by atoms with E-state index < -0.39 is 0 Å². The number of aromatic nitrogens is 5. The van der Waals surface area contributed by atoms with Crippen LogP contribution in [-0.2, 0) is 6.54 Å². The lowest BCUT2D eigenvalue weighted by Gasteiger charge is -2.31. The Morgan fingerprint density at radius 2 is 2.17 bits per heavy atom. The molecule has 9 heteroatoms. The van der Waals surface area contributed by atoms with Crippen molar-refractivity contribution >= 4 is 11.8 Å². The predicted molar refractivity (Wildman–Crippen MR) is 81.9 cm³/mol. The summed E-state index contributed by atoms with van der Waals surface area (Å²) in [6.45, 7) is 2.28. The van der Waals surface area contributed by atoms with Crippen LogP contribution in [0.5, 0.6) is 5.88 Å². The van der Waals surface area contributed by atoms with Crippen LogP contribution >= 0.6 is 0 Å². The van der Waals surface area contributed by atoms with Gasteiger partial charge in [0.05, 0.1) is 7.11 Å². The summed E-state index contributed by atoms with van der Waals surface area (Å²) in [6.07, 6.45) is 6.51. The van der Waals surface area contributed by atoms with Crippen molar-refractivity contribution < 1.29 is 9.53 Å². The van der Waals surface area contributed by atoms with Gasteiger partial charge in [-0.25, -0.2) is 19.7 Å². The van der Waals surface area contributed by atoms with Gasteiger partial charge in [-0.05, 0) is 18.8 Å². The SMILES string of the molecule is COc1cc(NC(=O)N2CCC(Cn3cncn3)CC2)ncn1. The summed E-state index contributed by atoms with van der Waals surface area (Å²) in [5, 5.41) is 6.90. The molecule has 2 aromatic rings. The van der Waals surface area contributed by atoms with Gasteiger partial charge in [-0.2, -0.15) is 5.10 Å². The average molecular weight is 317 g/mol. The minimum atomic E-state index is -0.148. The van der Waals surface area contributed by atoms with E-state index in [0.717, 1.165) is 19.4 Å². The van der Waals surface area contributed by atoms with Gasteiger partial charge >= 0.3 is 6.03 Å². The van der Waals surface area contributed by atoms with Gasteiger partial charge in [0.15, 0.2) is 0 Å². The van der Waals surface area contributed by atoms with Gasteiger partial charge < -0.3 is 9.64 Å². The maximum Gasteiger partial charge on any atom is 0.323 e. The van der Waals surface area contributed by atoms with E-state index in [1.807, 2.05) is 4.68 Å². The standard InChI is InChI=1S/C14H19N7O2/c1-23-13-6-12(16-9-17-13)19-14(22)20-4-2-11(3-5-20)7-21-10-15-8-18-21/h6,8-11H,2-5,7H2,1H3,(H,16,17,19,22). The van der Waals surface area contributed by atoms with E-state index in [2.05, 4.69) is 25.4 Å². The molecule has 1 saturated heterocycles. The molecular formula is C14H19N7O2. The van der Waals surface area contributed by atoms with Crippen molar-refractivity contribution in [3.8, 4) is 5.88 Å². The predicted octanol–water partition coefficient (Wildman–Crippen LogP) is 1.02. The number of hydrogen-bond acceptors (Lipinski definition) is 6. The molecule has 0 aromatic carbocycles. The van der Waals surface area contributed by atoms with Crippen LogP contribution < -0.4 is 10.1 Å². The van der Waals surface area contributed by atoms with Gasteiger partial charge in [0.25, 0.3) is 0 Å². The van der Waals surface area contributed by atoms with Crippen molar-refractivity contribution in [3.63, 3.8) is 0 Å². The zero-order valence-electron chi connectivity index (χ0n) is 12.9. The molecule has 23 heavy (non-hydrogen) atoms. The first-order chi connectivity index (χ1) is 11.2. The van der Waals surface area contributed by atoms with Crippen LogP contribution in [0.1, 0.15) is 12.8 Å². The monoisotopic (exact) mass is 317 g/mol. The second-order valence-corrected chi connectivity index (χ2v) is 5.42. The number of anilines is 1. The highest BCUT2D eigenvalue weighted by Gasteiger charge is 2.23. The number of piperidine rings is 1. The highest BCUT2D eigenvalue weighted by Crippen LogP contribution is 2.19. The quantitative estimate of drug-likeness (QED) is 0.904. The van der Waals surface area contributed by atoms with Crippen LogP contribution in [0, 0.1) is 5.92 Å². The van der Waals surface area contributed by atoms with Crippen LogP contribution in [0.25, 0.3) is 0 Å². The molecular weight excluding hydrogens is 298 g/mol. The molecule has 0 bridgehead atoms. The molecule has 122 valence electrons. The molecule has 0 spiro atoms. The van der Waals surface area contributed by atoms with Crippen LogP contribution in [0.15, 0.2) is 25.0 Å². The maximum atomic E-state index is 12.3. The van der Waals surface area contributed by atoms with Gasteiger partial charge in [-0.1, -0.05) is 0 Å². The highest BCUT2D eigenvalue weighted by molar-refractivity contribution is 5.88. The first kappa shape index (κ1) is 15.2. The van der Waals surface area contributed by atoms with Gasteiger partial charge in [0.1, 0.15) is 24.8 Å². The van der Waals surface area contributed by atoms with Gasteiger partial charge in [0, 0.05) is 25.7 Å². The summed E-state index contributed by atoms with van der Waals surface area (Å²) in [4.78, 5) is 26.0. The van der Waals surface area contributed by atoms with Gasteiger partial charge in [-0.15, -0.1) is 0 Å². The molecule has 0 saturated carbocycles.